The van der Waals surface area contributed by atoms with E-state index in [1.165, 1.54) is 6.42 Å². The summed E-state index contributed by atoms with van der Waals surface area (Å²) in [6.45, 7) is 3.73. The molecule has 0 aliphatic carbocycles. The summed E-state index contributed by atoms with van der Waals surface area (Å²) >= 11 is 5.83. The Hall–Kier alpha value is -0.280. The third kappa shape index (κ3) is 1.75. The van der Waals surface area contributed by atoms with Crippen LogP contribution >= 0.6 is 11.6 Å². The van der Waals surface area contributed by atoms with Gasteiger partial charge in [0, 0.05) is 18.6 Å². The molecule has 3 atom stereocenters. The molecule has 14 heavy (non-hydrogen) atoms. The number of amides is 1. The molecule has 3 unspecified atom stereocenters. The van der Waals surface area contributed by atoms with Gasteiger partial charge >= 0.3 is 0 Å². The molecule has 2 rings (SSSR count). The van der Waals surface area contributed by atoms with E-state index in [4.69, 9.17) is 11.6 Å². The number of piperidine rings is 1. The largest absolute Gasteiger partial charge is 0.337 e. The maximum absolute atomic E-state index is 11.8. The number of nitrogens with one attached hydrogen (secondary N) is 1. The summed E-state index contributed by atoms with van der Waals surface area (Å²) < 4.78 is 0. The fourth-order valence-corrected chi connectivity index (χ4v) is 2.67. The zero-order valence-corrected chi connectivity index (χ0v) is 9.26. The van der Waals surface area contributed by atoms with E-state index in [0.29, 0.717) is 12.1 Å². The number of hydrogen-bond donors (Lipinski definition) is 1. The molecule has 1 amide bonds. The highest BCUT2D eigenvalue weighted by molar-refractivity contribution is 6.30. The molecule has 2 saturated heterocycles. The number of fused-ring (bicyclic) bond motifs is 1. The molecule has 0 aromatic heterocycles. The fraction of sp³-hybridized carbons (Fsp3) is 0.900. The first-order valence-electron chi connectivity index (χ1n) is 5.38. The van der Waals surface area contributed by atoms with Crippen molar-refractivity contribution in [2.24, 2.45) is 0 Å². The number of alkyl halides is 1. The SMILES string of the molecule is CC(Cl)C(=O)N1CCC2NCCCC21. The molecule has 2 heterocycles. The highest BCUT2D eigenvalue weighted by Crippen LogP contribution is 2.26. The van der Waals surface area contributed by atoms with Crippen LogP contribution in [0.1, 0.15) is 26.2 Å². The van der Waals surface area contributed by atoms with Crippen molar-refractivity contribution >= 4 is 17.5 Å². The Balaban J connectivity index is 2.03. The highest BCUT2D eigenvalue weighted by atomic mass is 35.5. The topological polar surface area (TPSA) is 32.3 Å². The number of halogens is 1. The van der Waals surface area contributed by atoms with Crippen LogP contribution in [0.15, 0.2) is 0 Å². The Morgan fingerprint density at radius 2 is 2.36 bits per heavy atom. The number of carbonyl (C=O) groups is 1. The average Bonchev–Trinajstić information content (AvgIpc) is 2.60. The van der Waals surface area contributed by atoms with E-state index >= 15 is 0 Å². The molecule has 0 aromatic rings. The van der Waals surface area contributed by atoms with Crippen molar-refractivity contribution in [3.8, 4) is 0 Å². The van der Waals surface area contributed by atoms with Crippen molar-refractivity contribution in [3.63, 3.8) is 0 Å². The first-order chi connectivity index (χ1) is 6.70. The predicted molar refractivity (Wildman–Crippen MR) is 56.5 cm³/mol. The minimum absolute atomic E-state index is 0.0999. The van der Waals surface area contributed by atoms with Gasteiger partial charge in [0.1, 0.15) is 5.38 Å². The van der Waals surface area contributed by atoms with E-state index in [2.05, 4.69) is 5.32 Å². The van der Waals surface area contributed by atoms with Gasteiger partial charge in [0.05, 0.1) is 0 Å². The van der Waals surface area contributed by atoms with Gasteiger partial charge in [-0.15, -0.1) is 11.6 Å². The van der Waals surface area contributed by atoms with Gasteiger partial charge in [0.2, 0.25) is 5.91 Å². The maximum Gasteiger partial charge on any atom is 0.240 e. The zero-order valence-electron chi connectivity index (χ0n) is 8.50. The van der Waals surface area contributed by atoms with Crippen LogP contribution in [-0.2, 0) is 4.79 Å². The van der Waals surface area contributed by atoms with Gasteiger partial charge in [0.25, 0.3) is 0 Å². The molecular formula is C10H17ClN2O. The minimum Gasteiger partial charge on any atom is -0.337 e. The van der Waals surface area contributed by atoms with Crippen LogP contribution in [0.3, 0.4) is 0 Å². The Labute approximate surface area is 89.8 Å². The molecule has 3 nitrogen and oxygen atoms in total. The molecule has 0 saturated carbocycles. The summed E-state index contributed by atoms with van der Waals surface area (Å²) in [4.78, 5) is 13.7. The van der Waals surface area contributed by atoms with E-state index < -0.39 is 0 Å². The molecule has 0 radical (unpaired) electrons. The second-order valence-electron chi connectivity index (χ2n) is 4.21. The van der Waals surface area contributed by atoms with E-state index in [1.807, 2.05) is 4.90 Å². The molecule has 4 heteroatoms. The van der Waals surface area contributed by atoms with Crippen LogP contribution in [0.2, 0.25) is 0 Å². The van der Waals surface area contributed by atoms with Gasteiger partial charge in [-0.2, -0.15) is 0 Å². The van der Waals surface area contributed by atoms with Crippen LogP contribution in [0.5, 0.6) is 0 Å². The number of carbonyl (C=O) groups excluding carboxylic acids is 1. The molecule has 1 N–H and O–H groups in total. The van der Waals surface area contributed by atoms with E-state index in [0.717, 1.165) is 25.9 Å². The zero-order chi connectivity index (χ0) is 10.1. The van der Waals surface area contributed by atoms with Gasteiger partial charge in [-0.1, -0.05) is 0 Å². The Kier molecular flexibility index (Phi) is 2.98. The predicted octanol–water partition coefficient (Wildman–Crippen LogP) is 0.967. The average molecular weight is 217 g/mol. The van der Waals surface area contributed by atoms with E-state index in [-0.39, 0.29) is 11.3 Å². The minimum atomic E-state index is -0.379. The maximum atomic E-state index is 11.8. The summed E-state index contributed by atoms with van der Waals surface area (Å²) in [5.41, 5.74) is 0. The Morgan fingerprint density at radius 1 is 1.57 bits per heavy atom. The van der Waals surface area contributed by atoms with Gasteiger partial charge in [-0.3, -0.25) is 4.79 Å². The van der Waals surface area contributed by atoms with Crippen molar-refractivity contribution in [2.75, 3.05) is 13.1 Å². The lowest BCUT2D eigenvalue weighted by molar-refractivity contribution is -0.131. The number of nitrogens with zero attached hydrogens (tertiary/aromatic N) is 1. The van der Waals surface area contributed by atoms with Crippen LogP contribution in [0.4, 0.5) is 0 Å². The summed E-state index contributed by atoms with van der Waals surface area (Å²) in [6.07, 6.45) is 3.38. The van der Waals surface area contributed by atoms with Crippen molar-refractivity contribution in [2.45, 2.75) is 43.6 Å². The standard InChI is InChI=1S/C10H17ClN2O/c1-7(11)10(14)13-6-4-8-9(13)3-2-5-12-8/h7-9,12H,2-6H2,1H3. The lowest BCUT2D eigenvalue weighted by atomic mass is 9.99. The normalized spacial score (nSPS) is 34.0. The first-order valence-corrected chi connectivity index (χ1v) is 5.81. The molecule has 0 aromatic carbocycles. The third-order valence-corrected chi connectivity index (χ3v) is 3.44. The number of rotatable bonds is 1. The summed E-state index contributed by atoms with van der Waals surface area (Å²) in [5.74, 6) is 0.0999. The molecule has 0 spiro atoms. The third-order valence-electron chi connectivity index (χ3n) is 3.25. The van der Waals surface area contributed by atoms with Crippen molar-refractivity contribution in [1.82, 2.24) is 10.2 Å². The quantitative estimate of drug-likeness (QED) is 0.663. The number of likely N-dealkylation sites (tertiary alicyclic amines) is 1. The first kappa shape index (κ1) is 10.2. The lowest BCUT2D eigenvalue weighted by Crippen LogP contribution is -2.49. The van der Waals surface area contributed by atoms with Gasteiger partial charge in [-0.05, 0) is 32.7 Å². The van der Waals surface area contributed by atoms with Crippen LogP contribution in [-0.4, -0.2) is 41.4 Å². The number of hydrogen-bond acceptors (Lipinski definition) is 2. The van der Waals surface area contributed by atoms with Crippen LogP contribution in [0, 0.1) is 0 Å². The summed E-state index contributed by atoms with van der Waals surface area (Å²) in [7, 11) is 0. The van der Waals surface area contributed by atoms with Crippen molar-refractivity contribution in [1.29, 1.82) is 0 Å². The Bertz CT molecular complexity index is 232. The molecule has 2 aliphatic heterocycles. The van der Waals surface area contributed by atoms with E-state index in [1.54, 1.807) is 6.92 Å². The van der Waals surface area contributed by atoms with Gasteiger partial charge < -0.3 is 10.2 Å². The molecule has 80 valence electrons. The van der Waals surface area contributed by atoms with Crippen LogP contribution < -0.4 is 5.32 Å². The lowest BCUT2D eigenvalue weighted by Gasteiger charge is -2.32. The van der Waals surface area contributed by atoms with E-state index in [9.17, 15) is 4.79 Å². The molecule has 0 bridgehead atoms. The second kappa shape index (κ2) is 4.07. The van der Waals surface area contributed by atoms with Gasteiger partial charge in [-0.25, -0.2) is 0 Å². The second-order valence-corrected chi connectivity index (χ2v) is 4.86. The Morgan fingerprint density at radius 3 is 3.07 bits per heavy atom. The monoisotopic (exact) mass is 216 g/mol. The molecule has 2 fully saturated rings. The summed E-state index contributed by atoms with van der Waals surface area (Å²) in [5, 5.41) is 3.09. The molecular weight excluding hydrogens is 200 g/mol. The van der Waals surface area contributed by atoms with Crippen molar-refractivity contribution < 1.29 is 4.79 Å². The fourth-order valence-electron chi connectivity index (χ4n) is 2.55. The highest BCUT2D eigenvalue weighted by Gasteiger charge is 2.38. The molecule has 2 aliphatic rings. The van der Waals surface area contributed by atoms with Gasteiger partial charge in [0.15, 0.2) is 0 Å². The van der Waals surface area contributed by atoms with Crippen molar-refractivity contribution in [3.05, 3.63) is 0 Å². The van der Waals surface area contributed by atoms with Crippen LogP contribution in [0.25, 0.3) is 0 Å². The smallest absolute Gasteiger partial charge is 0.240 e. The summed E-state index contributed by atoms with van der Waals surface area (Å²) in [6, 6.07) is 0.917.